The summed E-state index contributed by atoms with van der Waals surface area (Å²) in [6.07, 6.45) is 5.02. The van der Waals surface area contributed by atoms with Crippen LogP contribution in [0.3, 0.4) is 0 Å². The van der Waals surface area contributed by atoms with Crippen LogP contribution in [0.1, 0.15) is 30.5 Å². The number of halogens is 1. The molecule has 1 unspecified atom stereocenters. The summed E-state index contributed by atoms with van der Waals surface area (Å²) < 4.78 is 20.7. The molecular formula is C25H25BrN2O3. The number of hydrogen-bond donors (Lipinski definition) is 0. The smallest absolute Gasteiger partial charge is 0.158 e. The minimum atomic E-state index is -0.136. The fourth-order valence-electron chi connectivity index (χ4n) is 4.23. The number of ether oxygens (including phenoxy) is 3. The molecule has 2 aromatic heterocycles. The molecule has 1 aliphatic rings. The Morgan fingerprint density at radius 1 is 1.10 bits per heavy atom. The molecule has 0 amide bonds. The molecule has 160 valence electrons. The Balaban J connectivity index is 1.60. The number of fused-ring (bicyclic) bond motifs is 3. The molecule has 1 saturated heterocycles. The summed E-state index contributed by atoms with van der Waals surface area (Å²) in [5.74, 6) is 0.856. The molecule has 0 bridgehead atoms. The van der Waals surface area contributed by atoms with Crippen molar-refractivity contribution in [3.8, 4) is 5.75 Å². The first-order valence-corrected chi connectivity index (χ1v) is 11.4. The van der Waals surface area contributed by atoms with Gasteiger partial charge in [-0.25, -0.2) is 0 Å². The fraction of sp³-hybridized carbons (Fsp3) is 0.320. The average Bonchev–Trinajstić information content (AvgIpc) is 3.10. The number of aromatic nitrogens is 2. The third kappa shape index (κ3) is 4.07. The van der Waals surface area contributed by atoms with E-state index in [9.17, 15) is 0 Å². The van der Waals surface area contributed by atoms with Gasteiger partial charge in [-0.05, 0) is 59.0 Å². The minimum absolute atomic E-state index is 0.136. The minimum Gasteiger partial charge on any atom is -0.497 e. The van der Waals surface area contributed by atoms with Gasteiger partial charge >= 0.3 is 0 Å². The Morgan fingerprint density at radius 3 is 2.71 bits per heavy atom. The van der Waals surface area contributed by atoms with E-state index in [1.165, 1.54) is 5.56 Å². The van der Waals surface area contributed by atoms with E-state index in [2.05, 4.69) is 55.8 Å². The molecule has 3 heterocycles. The first kappa shape index (κ1) is 20.5. The second-order valence-electron chi connectivity index (χ2n) is 7.84. The maximum atomic E-state index is 6.19. The average molecular weight is 481 g/mol. The Kier molecular flexibility index (Phi) is 5.94. The molecule has 4 aromatic rings. The summed E-state index contributed by atoms with van der Waals surface area (Å²) in [4.78, 5) is 4.68. The molecular weight excluding hydrogens is 456 g/mol. The van der Waals surface area contributed by atoms with Gasteiger partial charge in [0.1, 0.15) is 5.75 Å². The summed E-state index contributed by atoms with van der Waals surface area (Å²) >= 11 is 3.85. The van der Waals surface area contributed by atoms with Gasteiger partial charge in [0.15, 0.2) is 6.29 Å². The molecule has 1 atom stereocenters. The lowest BCUT2D eigenvalue weighted by Gasteiger charge is -2.23. The molecule has 0 saturated carbocycles. The molecule has 31 heavy (non-hydrogen) atoms. The van der Waals surface area contributed by atoms with E-state index in [0.29, 0.717) is 6.61 Å². The van der Waals surface area contributed by atoms with Crippen LogP contribution in [0.2, 0.25) is 0 Å². The standard InChI is InChI=1S/C25H25BrN2O3/c1-29-18-11-9-17(10-12-18)15-28-22(16-31-23-8-4-5-13-30-23)24(26)20-14-27-21-7-3-2-6-19(21)25(20)28/h2-3,6-7,9-12,14,23H,4-5,8,13,15-16H2,1H3. The third-order valence-electron chi connectivity index (χ3n) is 5.88. The molecule has 5 nitrogen and oxygen atoms in total. The van der Waals surface area contributed by atoms with Crippen molar-refractivity contribution in [3.63, 3.8) is 0 Å². The first-order chi connectivity index (χ1) is 15.2. The SMILES string of the molecule is COc1ccc(Cn2c(COC3CCCCO3)c(Br)c3cnc4ccccc4c32)cc1. The zero-order valence-corrected chi connectivity index (χ0v) is 19.1. The first-order valence-electron chi connectivity index (χ1n) is 10.6. The number of benzene rings is 2. The van der Waals surface area contributed by atoms with Crippen LogP contribution in [0.25, 0.3) is 21.8 Å². The van der Waals surface area contributed by atoms with Gasteiger partial charge in [-0.3, -0.25) is 4.98 Å². The zero-order valence-electron chi connectivity index (χ0n) is 17.5. The maximum Gasteiger partial charge on any atom is 0.158 e. The lowest BCUT2D eigenvalue weighted by atomic mass is 10.1. The van der Waals surface area contributed by atoms with Gasteiger partial charge in [0.25, 0.3) is 0 Å². The van der Waals surface area contributed by atoms with E-state index in [0.717, 1.165) is 70.1 Å². The Morgan fingerprint density at radius 2 is 1.94 bits per heavy atom. The van der Waals surface area contributed by atoms with Crippen molar-refractivity contribution < 1.29 is 14.2 Å². The highest BCUT2D eigenvalue weighted by molar-refractivity contribution is 9.10. The van der Waals surface area contributed by atoms with E-state index in [1.54, 1.807) is 7.11 Å². The van der Waals surface area contributed by atoms with Crippen LogP contribution < -0.4 is 4.74 Å². The molecule has 0 N–H and O–H groups in total. The summed E-state index contributed by atoms with van der Waals surface area (Å²) in [6, 6.07) is 16.5. The fourth-order valence-corrected chi connectivity index (χ4v) is 4.85. The quantitative estimate of drug-likeness (QED) is 0.336. The van der Waals surface area contributed by atoms with Crippen LogP contribution in [0, 0.1) is 0 Å². The number of pyridine rings is 1. The normalized spacial score (nSPS) is 16.8. The number of methoxy groups -OCH3 is 1. The van der Waals surface area contributed by atoms with Crippen molar-refractivity contribution in [2.24, 2.45) is 0 Å². The predicted molar refractivity (Wildman–Crippen MR) is 125 cm³/mol. The van der Waals surface area contributed by atoms with E-state index in [-0.39, 0.29) is 6.29 Å². The second-order valence-corrected chi connectivity index (χ2v) is 8.63. The lowest BCUT2D eigenvalue weighted by molar-refractivity contribution is -0.169. The van der Waals surface area contributed by atoms with Crippen LogP contribution in [0.15, 0.2) is 59.2 Å². The van der Waals surface area contributed by atoms with Gasteiger partial charge in [-0.2, -0.15) is 0 Å². The van der Waals surface area contributed by atoms with E-state index in [1.807, 2.05) is 24.4 Å². The van der Waals surface area contributed by atoms with E-state index >= 15 is 0 Å². The van der Waals surface area contributed by atoms with Crippen LogP contribution in [-0.4, -0.2) is 29.6 Å². The molecule has 1 aliphatic heterocycles. The van der Waals surface area contributed by atoms with Gasteiger partial charge in [-0.1, -0.05) is 30.3 Å². The second kappa shape index (κ2) is 8.99. The molecule has 2 aromatic carbocycles. The maximum absolute atomic E-state index is 6.19. The third-order valence-corrected chi connectivity index (χ3v) is 6.76. The van der Waals surface area contributed by atoms with Gasteiger partial charge in [0, 0.05) is 30.1 Å². The Hall–Kier alpha value is -2.41. The topological polar surface area (TPSA) is 45.5 Å². The molecule has 0 radical (unpaired) electrons. The van der Waals surface area contributed by atoms with Gasteiger partial charge in [-0.15, -0.1) is 0 Å². The van der Waals surface area contributed by atoms with Crippen LogP contribution >= 0.6 is 15.9 Å². The zero-order chi connectivity index (χ0) is 21.2. The Labute approximate surface area is 190 Å². The summed E-state index contributed by atoms with van der Waals surface area (Å²) in [5.41, 5.74) is 4.44. The van der Waals surface area contributed by atoms with Gasteiger partial charge < -0.3 is 18.8 Å². The number of hydrogen-bond acceptors (Lipinski definition) is 4. The van der Waals surface area contributed by atoms with Crippen molar-refractivity contribution >= 4 is 37.7 Å². The summed E-state index contributed by atoms with van der Waals surface area (Å²) in [5, 5.41) is 2.23. The molecule has 1 fully saturated rings. The highest BCUT2D eigenvalue weighted by atomic mass is 79.9. The van der Waals surface area contributed by atoms with Gasteiger partial charge in [0.05, 0.1) is 34.9 Å². The van der Waals surface area contributed by atoms with E-state index in [4.69, 9.17) is 14.2 Å². The lowest BCUT2D eigenvalue weighted by Crippen LogP contribution is -2.22. The number of rotatable bonds is 6. The van der Waals surface area contributed by atoms with E-state index < -0.39 is 0 Å². The van der Waals surface area contributed by atoms with Crippen molar-refractivity contribution in [1.29, 1.82) is 0 Å². The summed E-state index contributed by atoms with van der Waals surface area (Å²) in [7, 11) is 1.69. The van der Waals surface area contributed by atoms with Crippen molar-refractivity contribution in [3.05, 3.63) is 70.5 Å². The number of para-hydroxylation sites is 1. The monoisotopic (exact) mass is 480 g/mol. The number of nitrogens with zero attached hydrogens (tertiary/aromatic N) is 2. The molecule has 5 rings (SSSR count). The summed E-state index contributed by atoms with van der Waals surface area (Å²) in [6.45, 7) is 1.98. The van der Waals surface area contributed by atoms with Crippen molar-refractivity contribution in [1.82, 2.24) is 9.55 Å². The van der Waals surface area contributed by atoms with Crippen molar-refractivity contribution in [2.45, 2.75) is 38.7 Å². The van der Waals surface area contributed by atoms with Gasteiger partial charge in [0.2, 0.25) is 0 Å². The van der Waals surface area contributed by atoms with Crippen LogP contribution in [0.4, 0.5) is 0 Å². The van der Waals surface area contributed by atoms with Crippen molar-refractivity contribution in [2.75, 3.05) is 13.7 Å². The largest absolute Gasteiger partial charge is 0.497 e. The predicted octanol–water partition coefficient (Wildman–Crippen LogP) is 6.05. The Bertz CT molecular complexity index is 1200. The highest BCUT2D eigenvalue weighted by Crippen LogP contribution is 2.36. The van der Waals surface area contributed by atoms with Crippen LogP contribution in [-0.2, 0) is 22.6 Å². The molecule has 0 spiro atoms. The highest BCUT2D eigenvalue weighted by Gasteiger charge is 2.21. The molecule has 6 heteroatoms. The van der Waals surface area contributed by atoms with Crippen LogP contribution in [0.5, 0.6) is 5.75 Å². The molecule has 0 aliphatic carbocycles.